The molecule has 2 aliphatic carbocycles. The molecule has 0 N–H and O–H groups in total. The molecule has 1 heteroatoms. The third-order valence-electron chi connectivity index (χ3n) is 11.9. The highest BCUT2D eigenvalue weighted by molar-refractivity contribution is 6.92. The summed E-state index contributed by atoms with van der Waals surface area (Å²) in [6, 6.07) is 14.0. The van der Waals surface area contributed by atoms with Crippen LogP contribution in [0.1, 0.15) is 77.9 Å². The summed E-state index contributed by atoms with van der Waals surface area (Å²) >= 11 is 0. The normalized spacial score (nSPS) is 14.1. The third-order valence-corrected chi connectivity index (χ3v) is 15.8. The molecule has 0 aliphatic heterocycles. The highest BCUT2D eigenvalue weighted by Crippen LogP contribution is 2.46. The highest BCUT2D eigenvalue weighted by Gasteiger charge is 2.36. The van der Waals surface area contributed by atoms with Crippen molar-refractivity contribution in [1.29, 1.82) is 0 Å². The Kier molecular flexibility index (Phi) is 7.13. The number of fused-ring (bicyclic) bond motifs is 2. The van der Waals surface area contributed by atoms with Crippen molar-refractivity contribution >= 4 is 20.2 Å². The number of hydrogen-bond donors (Lipinski definition) is 0. The summed E-state index contributed by atoms with van der Waals surface area (Å²) in [5.74, 6) is 0. The molecule has 0 atom stereocenters. The minimum Gasteiger partial charge on any atom is -0.0714 e. The molecular formula is C42H48Si. The largest absolute Gasteiger partial charge is 0.103 e. The van der Waals surface area contributed by atoms with E-state index >= 15 is 0 Å². The molecule has 0 heterocycles. The van der Waals surface area contributed by atoms with Crippen LogP contribution in [0.2, 0.25) is 13.1 Å². The van der Waals surface area contributed by atoms with E-state index in [1.165, 1.54) is 100 Å². The summed E-state index contributed by atoms with van der Waals surface area (Å²) in [5.41, 5.74) is 26.0. The van der Waals surface area contributed by atoms with Crippen molar-refractivity contribution in [3.8, 4) is 22.3 Å². The SMILES string of the molecule is Cc1c(C)c(C)c(-c2cccc3c2C=C([Si](C)(C)C2=Cc4c(cccc4-c4c(C)c(C)c(C)c(C)c4C)C2)C3)c(C)c1C. The van der Waals surface area contributed by atoms with E-state index in [2.05, 4.69) is 131 Å². The second-order valence-corrected chi connectivity index (χ2v) is 18.6. The first-order valence-corrected chi connectivity index (χ1v) is 19.1. The summed E-state index contributed by atoms with van der Waals surface area (Å²) in [6.45, 7) is 28.2. The summed E-state index contributed by atoms with van der Waals surface area (Å²) in [5, 5.41) is 3.33. The molecule has 0 amide bonds. The van der Waals surface area contributed by atoms with Crippen LogP contribution in [0.4, 0.5) is 0 Å². The zero-order valence-electron chi connectivity index (χ0n) is 28.5. The number of allylic oxidation sites excluding steroid dienone is 2. The maximum atomic E-state index is 2.60. The van der Waals surface area contributed by atoms with Gasteiger partial charge in [0.1, 0.15) is 8.07 Å². The van der Waals surface area contributed by atoms with Crippen LogP contribution in [-0.4, -0.2) is 8.07 Å². The lowest BCUT2D eigenvalue weighted by molar-refractivity contribution is 1.17. The van der Waals surface area contributed by atoms with Crippen molar-refractivity contribution in [3.05, 3.63) is 125 Å². The van der Waals surface area contributed by atoms with Gasteiger partial charge in [0.25, 0.3) is 0 Å². The number of rotatable bonds is 4. The summed E-state index contributed by atoms with van der Waals surface area (Å²) in [4.78, 5) is 0. The highest BCUT2D eigenvalue weighted by atomic mass is 28.3. The molecule has 0 radical (unpaired) electrons. The Bertz CT molecular complexity index is 1720. The lowest BCUT2D eigenvalue weighted by Crippen LogP contribution is -2.32. The van der Waals surface area contributed by atoms with Crippen LogP contribution in [0.25, 0.3) is 34.4 Å². The van der Waals surface area contributed by atoms with Gasteiger partial charge in [-0.15, -0.1) is 0 Å². The quantitative estimate of drug-likeness (QED) is 0.211. The van der Waals surface area contributed by atoms with E-state index < -0.39 is 8.07 Å². The Balaban J connectivity index is 1.44. The van der Waals surface area contributed by atoms with Crippen molar-refractivity contribution < 1.29 is 0 Å². The van der Waals surface area contributed by atoms with Gasteiger partial charge in [0.05, 0.1) is 0 Å². The Morgan fingerprint density at radius 3 is 1.05 bits per heavy atom. The van der Waals surface area contributed by atoms with E-state index in [0.717, 1.165) is 12.8 Å². The second-order valence-electron chi connectivity index (χ2n) is 14.1. The lowest BCUT2D eigenvalue weighted by atomic mass is 9.84. The van der Waals surface area contributed by atoms with Gasteiger partial charge in [-0.05, 0) is 182 Å². The van der Waals surface area contributed by atoms with Crippen LogP contribution < -0.4 is 0 Å². The molecule has 0 saturated heterocycles. The molecule has 4 aromatic rings. The summed E-state index contributed by atoms with van der Waals surface area (Å²) < 4.78 is 0. The molecule has 2 aliphatic rings. The van der Waals surface area contributed by atoms with E-state index in [4.69, 9.17) is 0 Å². The van der Waals surface area contributed by atoms with Crippen molar-refractivity contribution in [2.24, 2.45) is 0 Å². The van der Waals surface area contributed by atoms with Crippen LogP contribution in [-0.2, 0) is 12.8 Å². The molecule has 0 aromatic heterocycles. The maximum absolute atomic E-state index is 2.60. The number of hydrogen-bond acceptors (Lipinski definition) is 0. The molecule has 43 heavy (non-hydrogen) atoms. The van der Waals surface area contributed by atoms with E-state index in [9.17, 15) is 0 Å². The first kappa shape index (κ1) is 29.6. The van der Waals surface area contributed by atoms with E-state index in [-0.39, 0.29) is 0 Å². The van der Waals surface area contributed by atoms with Gasteiger partial charge in [-0.3, -0.25) is 0 Å². The Morgan fingerprint density at radius 2 is 0.721 bits per heavy atom. The van der Waals surface area contributed by atoms with E-state index in [1.54, 1.807) is 10.4 Å². The van der Waals surface area contributed by atoms with Crippen molar-refractivity contribution in [1.82, 2.24) is 0 Å². The zero-order valence-corrected chi connectivity index (χ0v) is 29.5. The minimum atomic E-state index is -1.87. The predicted molar refractivity (Wildman–Crippen MR) is 192 cm³/mol. The topological polar surface area (TPSA) is 0 Å². The van der Waals surface area contributed by atoms with Crippen LogP contribution in [0.3, 0.4) is 0 Å². The predicted octanol–water partition coefficient (Wildman–Crippen LogP) is 11.5. The van der Waals surface area contributed by atoms with Crippen LogP contribution >= 0.6 is 0 Å². The van der Waals surface area contributed by atoms with Gasteiger partial charge in [-0.2, -0.15) is 0 Å². The molecule has 0 fully saturated rings. The standard InChI is InChI=1S/C42H48Si/c1-23-25(3)29(7)41(30(8)26(23)4)37-17-13-15-33-19-35(21-39(33)37)43(11,12)36-20-34-16-14-18-38(40(34)22-36)42-31(9)27(5)24(2)28(6)32(42)10/h13-18,21-22H,19-20H2,1-12H3. The smallest absolute Gasteiger partial charge is 0.0714 e. The average molecular weight is 581 g/mol. The van der Waals surface area contributed by atoms with Crippen LogP contribution in [0, 0.1) is 69.2 Å². The third kappa shape index (κ3) is 4.38. The Morgan fingerprint density at radius 1 is 0.419 bits per heavy atom. The zero-order chi connectivity index (χ0) is 31.1. The molecule has 0 unspecified atom stereocenters. The second kappa shape index (κ2) is 10.3. The van der Waals surface area contributed by atoms with E-state index in [1.807, 2.05) is 0 Å². The summed E-state index contributed by atoms with van der Waals surface area (Å²) in [6.07, 6.45) is 7.37. The minimum absolute atomic E-state index is 1.08. The molecule has 0 spiro atoms. The Hall–Kier alpha value is -3.42. The van der Waals surface area contributed by atoms with E-state index in [0.29, 0.717) is 0 Å². The average Bonchev–Trinajstić information content (AvgIpc) is 3.64. The van der Waals surface area contributed by atoms with Gasteiger partial charge in [0, 0.05) is 0 Å². The number of benzene rings is 4. The molecule has 0 saturated carbocycles. The molecular weight excluding hydrogens is 533 g/mol. The van der Waals surface area contributed by atoms with Crippen molar-refractivity contribution in [2.45, 2.75) is 95.2 Å². The fourth-order valence-corrected chi connectivity index (χ4v) is 10.7. The molecule has 6 rings (SSSR count). The first-order valence-electron chi connectivity index (χ1n) is 16.1. The van der Waals surface area contributed by atoms with Crippen molar-refractivity contribution in [2.75, 3.05) is 0 Å². The van der Waals surface area contributed by atoms with Gasteiger partial charge in [-0.25, -0.2) is 0 Å². The van der Waals surface area contributed by atoms with Gasteiger partial charge >= 0.3 is 0 Å². The monoisotopic (exact) mass is 580 g/mol. The molecule has 0 nitrogen and oxygen atoms in total. The first-order chi connectivity index (χ1) is 20.2. The maximum Gasteiger partial charge on any atom is 0.103 e. The van der Waals surface area contributed by atoms with Crippen LogP contribution in [0.15, 0.2) is 46.8 Å². The molecule has 220 valence electrons. The fourth-order valence-electron chi connectivity index (χ4n) is 7.99. The van der Waals surface area contributed by atoms with Gasteiger partial charge < -0.3 is 0 Å². The lowest BCUT2D eigenvalue weighted by Gasteiger charge is -2.26. The van der Waals surface area contributed by atoms with Crippen LogP contribution in [0.5, 0.6) is 0 Å². The van der Waals surface area contributed by atoms with Crippen molar-refractivity contribution in [3.63, 3.8) is 0 Å². The molecule has 4 aromatic carbocycles. The Labute approximate surface area is 261 Å². The molecule has 0 bridgehead atoms. The van der Waals surface area contributed by atoms with Gasteiger partial charge in [0.2, 0.25) is 0 Å². The van der Waals surface area contributed by atoms with Gasteiger partial charge in [0.15, 0.2) is 0 Å². The summed E-state index contributed by atoms with van der Waals surface area (Å²) in [7, 11) is -1.87. The van der Waals surface area contributed by atoms with Gasteiger partial charge in [-0.1, -0.05) is 72.0 Å². The fraction of sp³-hybridized carbons (Fsp3) is 0.333.